The first-order valence-corrected chi connectivity index (χ1v) is 6.15. The third-order valence-corrected chi connectivity index (χ3v) is 5.22. The molecule has 0 aromatic carbocycles. The van der Waals surface area contributed by atoms with E-state index < -0.39 is 0 Å². The Morgan fingerprint density at radius 3 is 2.43 bits per heavy atom. The smallest absolute Gasteiger partial charge is 0.00899 e. The molecule has 0 aromatic rings. The predicted molar refractivity (Wildman–Crippen MR) is 62.2 cm³/mol. The number of hydrogen-bond acceptors (Lipinski definition) is 0. The van der Waals surface area contributed by atoms with Gasteiger partial charge < -0.3 is 0 Å². The van der Waals surface area contributed by atoms with E-state index in [4.69, 9.17) is 0 Å². The summed E-state index contributed by atoms with van der Waals surface area (Å²) in [4.78, 5) is 0. The molecule has 0 amide bonds. The van der Waals surface area contributed by atoms with E-state index in [9.17, 15) is 0 Å². The average Bonchev–Trinajstić information content (AvgIpc) is 2.09. The monoisotopic (exact) mass is 192 g/mol. The van der Waals surface area contributed by atoms with Crippen LogP contribution in [0.4, 0.5) is 0 Å². The maximum atomic E-state index is 2.51. The molecule has 0 nitrogen and oxygen atoms in total. The van der Waals surface area contributed by atoms with Gasteiger partial charge in [-0.05, 0) is 48.3 Å². The Hall–Kier alpha value is -0.260. The molecule has 0 bridgehead atoms. The molecular formula is C14H24. The first-order valence-electron chi connectivity index (χ1n) is 6.15. The maximum Gasteiger partial charge on any atom is -0.00899 e. The zero-order chi connectivity index (χ0) is 10.4. The number of hydrogen-bond donors (Lipinski definition) is 0. The summed E-state index contributed by atoms with van der Waals surface area (Å²) in [6, 6.07) is 0. The highest BCUT2D eigenvalue weighted by atomic mass is 14.5. The zero-order valence-corrected chi connectivity index (χ0v) is 10.1. The van der Waals surface area contributed by atoms with Crippen molar-refractivity contribution in [2.24, 2.45) is 22.7 Å². The number of allylic oxidation sites excluding steroid dienone is 2. The Kier molecular flexibility index (Phi) is 2.28. The van der Waals surface area contributed by atoms with Gasteiger partial charge >= 0.3 is 0 Å². The van der Waals surface area contributed by atoms with Crippen molar-refractivity contribution < 1.29 is 0 Å². The van der Waals surface area contributed by atoms with Crippen LogP contribution in [0.5, 0.6) is 0 Å². The molecule has 2 aliphatic rings. The Morgan fingerprint density at radius 1 is 1.07 bits per heavy atom. The summed E-state index contributed by atoms with van der Waals surface area (Å²) in [6.07, 6.45) is 10.4. The van der Waals surface area contributed by atoms with Crippen molar-refractivity contribution >= 4 is 0 Å². The van der Waals surface area contributed by atoms with Gasteiger partial charge in [-0.1, -0.05) is 39.8 Å². The third-order valence-electron chi connectivity index (χ3n) is 5.22. The second kappa shape index (κ2) is 3.12. The molecule has 1 fully saturated rings. The summed E-state index contributed by atoms with van der Waals surface area (Å²) in [5.74, 6) is 1.82. The van der Waals surface area contributed by atoms with Gasteiger partial charge in [-0.25, -0.2) is 0 Å². The minimum atomic E-state index is 0.483. The standard InChI is InChI=1S/C14H24/c1-11-9-13(3)7-5-6-8-14(13,4)10-12(11)2/h5,7,11-12H,6,8-10H2,1-4H3/t11?,12-,13-,14+/m1/s1. The molecular weight excluding hydrogens is 168 g/mol. The van der Waals surface area contributed by atoms with Crippen LogP contribution < -0.4 is 0 Å². The molecule has 0 aromatic heterocycles. The molecule has 2 aliphatic carbocycles. The number of fused-ring (bicyclic) bond motifs is 1. The molecule has 2 rings (SSSR count). The summed E-state index contributed by atoms with van der Waals surface area (Å²) in [5.41, 5.74) is 1.06. The van der Waals surface area contributed by atoms with Gasteiger partial charge in [0.05, 0.1) is 0 Å². The second-order valence-corrected chi connectivity index (χ2v) is 6.28. The molecule has 0 aliphatic heterocycles. The maximum absolute atomic E-state index is 2.51. The lowest BCUT2D eigenvalue weighted by molar-refractivity contribution is -0.0111. The van der Waals surface area contributed by atoms with Crippen LogP contribution in [0.3, 0.4) is 0 Å². The molecule has 80 valence electrons. The van der Waals surface area contributed by atoms with Gasteiger partial charge in [0.1, 0.15) is 0 Å². The van der Waals surface area contributed by atoms with E-state index in [1.165, 1.54) is 25.7 Å². The molecule has 0 saturated heterocycles. The SMILES string of the molecule is CC1C[C@@]2(C)C=CCC[C@@]2(C)C[C@H]1C. The van der Waals surface area contributed by atoms with E-state index in [-0.39, 0.29) is 0 Å². The fourth-order valence-electron chi connectivity index (χ4n) is 3.66. The molecule has 0 N–H and O–H groups in total. The van der Waals surface area contributed by atoms with Crippen LogP contribution in [-0.2, 0) is 0 Å². The highest BCUT2D eigenvalue weighted by Gasteiger charge is 2.49. The van der Waals surface area contributed by atoms with E-state index in [2.05, 4.69) is 39.8 Å². The lowest BCUT2D eigenvalue weighted by atomic mass is 9.50. The van der Waals surface area contributed by atoms with E-state index in [0.29, 0.717) is 10.8 Å². The van der Waals surface area contributed by atoms with Crippen LogP contribution in [0.1, 0.15) is 53.4 Å². The molecule has 4 atom stereocenters. The van der Waals surface area contributed by atoms with E-state index >= 15 is 0 Å². The highest BCUT2D eigenvalue weighted by molar-refractivity contribution is 5.13. The molecule has 0 heterocycles. The normalized spacial score (nSPS) is 52.9. The second-order valence-electron chi connectivity index (χ2n) is 6.28. The van der Waals surface area contributed by atoms with Gasteiger partial charge in [-0.15, -0.1) is 0 Å². The average molecular weight is 192 g/mol. The van der Waals surface area contributed by atoms with Crippen molar-refractivity contribution in [2.75, 3.05) is 0 Å². The van der Waals surface area contributed by atoms with Gasteiger partial charge in [0, 0.05) is 0 Å². The van der Waals surface area contributed by atoms with Crippen molar-refractivity contribution in [1.29, 1.82) is 0 Å². The third kappa shape index (κ3) is 1.34. The molecule has 1 unspecified atom stereocenters. The van der Waals surface area contributed by atoms with E-state index in [1.54, 1.807) is 0 Å². The first-order chi connectivity index (χ1) is 6.47. The van der Waals surface area contributed by atoms with Crippen LogP contribution in [0.15, 0.2) is 12.2 Å². The number of rotatable bonds is 0. The lowest BCUT2D eigenvalue weighted by Gasteiger charge is -2.55. The summed E-state index contributed by atoms with van der Waals surface area (Å²) in [7, 11) is 0. The Bertz CT molecular complexity index is 253. The van der Waals surface area contributed by atoms with E-state index in [0.717, 1.165) is 11.8 Å². The molecule has 14 heavy (non-hydrogen) atoms. The lowest BCUT2D eigenvalue weighted by Crippen LogP contribution is -2.45. The van der Waals surface area contributed by atoms with Crippen molar-refractivity contribution in [3.05, 3.63) is 12.2 Å². The molecule has 1 saturated carbocycles. The van der Waals surface area contributed by atoms with Crippen molar-refractivity contribution in [3.8, 4) is 0 Å². The first kappa shape index (κ1) is 10.3. The Balaban J connectivity index is 2.31. The minimum Gasteiger partial charge on any atom is -0.0879 e. The van der Waals surface area contributed by atoms with E-state index in [1.807, 2.05) is 0 Å². The van der Waals surface area contributed by atoms with Crippen LogP contribution in [0.2, 0.25) is 0 Å². The van der Waals surface area contributed by atoms with Gasteiger partial charge in [0.15, 0.2) is 0 Å². The van der Waals surface area contributed by atoms with Gasteiger partial charge in [0.2, 0.25) is 0 Å². The quantitative estimate of drug-likeness (QED) is 0.499. The zero-order valence-electron chi connectivity index (χ0n) is 10.1. The van der Waals surface area contributed by atoms with Crippen molar-refractivity contribution in [1.82, 2.24) is 0 Å². The van der Waals surface area contributed by atoms with Gasteiger partial charge in [0.25, 0.3) is 0 Å². The van der Waals surface area contributed by atoms with Gasteiger partial charge in [-0.3, -0.25) is 0 Å². The topological polar surface area (TPSA) is 0 Å². The Morgan fingerprint density at radius 2 is 1.71 bits per heavy atom. The molecule has 0 heteroatoms. The Labute approximate surface area is 88.8 Å². The molecule has 0 spiro atoms. The highest BCUT2D eigenvalue weighted by Crippen LogP contribution is 2.58. The molecule has 0 radical (unpaired) electrons. The fraction of sp³-hybridized carbons (Fsp3) is 0.857. The summed E-state index contributed by atoms with van der Waals surface area (Å²) in [6.45, 7) is 9.86. The van der Waals surface area contributed by atoms with Crippen molar-refractivity contribution in [3.63, 3.8) is 0 Å². The summed E-state index contributed by atoms with van der Waals surface area (Å²) in [5, 5.41) is 0. The van der Waals surface area contributed by atoms with Crippen LogP contribution in [0, 0.1) is 22.7 Å². The minimum absolute atomic E-state index is 0.483. The summed E-state index contributed by atoms with van der Waals surface area (Å²) < 4.78 is 0. The van der Waals surface area contributed by atoms with Crippen LogP contribution in [0.25, 0.3) is 0 Å². The largest absolute Gasteiger partial charge is 0.0879 e. The van der Waals surface area contributed by atoms with Crippen LogP contribution >= 0.6 is 0 Å². The summed E-state index contributed by atoms with van der Waals surface area (Å²) >= 11 is 0. The van der Waals surface area contributed by atoms with Crippen LogP contribution in [-0.4, -0.2) is 0 Å². The van der Waals surface area contributed by atoms with Crippen molar-refractivity contribution in [2.45, 2.75) is 53.4 Å². The van der Waals surface area contributed by atoms with Gasteiger partial charge in [-0.2, -0.15) is 0 Å². The predicted octanol–water partition coefficient (Wildman–Crippen LogP) is 4.42. The fourth-order valence-corrected chi connectivity index (χ4v) is 3.66.